The van der Waals surface area contributed by atoms with Crippen molar-refractivity contribution in [3.05, 3.63) is 0 Å². The minimum absolute atomic E-state index is 0.240. The average molecular weight is 335 g/mol. The van der Waals surface area contributed by atoms with Gasteiger partial charge in [0.25, 0.3) is 0 Å². The molecule has 2 amide bonds. The van der Waals surface area contributed by atoms with Crippen LogP contribution >= 0.6 is 11.8 Å². The molecule has 2 atom stereocenters. The summed E-state index contributed by atoms with van der Waals surface area (Å²) in [7, 11) is 0. The number of aliphatic carboxylic acids is 2. The fourth-order valence-corrected chi connectivity index (χ4v) is 2.03. The first-order chi connectivity index (χ1) is 10.3. The molecule has 0 aliphatic carbocycles. The number of rotatable bonds is 11. The largest absolute Gasteiger partial charge is 0.481 e. The summed E-state index contributed by atoms with van der Waals surface area (Å²) < 4.78 is 0. The average Bonchev–Trinajstić information content (AvgIpc) is 2.46. The van der Waals surface area contributed by atoms with Crippen LogP contribution in [0.2, 0.25) is 0 Å². The molecule has 22 heavy (non-hydrogen) atoms. The zero-order valence-electron chi connectivity index (χ0n) is 12.2. The number of nitrogens with two attached hydrogens (primary N) is 1. The van der Waals surface area contributed by atoms with E-state index in [0.717, 1.165) is 0 Å². The molecule has 6 N–H and O–H groups in total. The first-order valence-electron chi connectivity index (χ1n) is 6.55. The van der Waals surface area contributed by atoms with Gasteiger partial charge < -0.3 is 26.6 Å². The number of carbonyl (C=O) groups is 4. The van der Waals surface area contributed by atoms with Crippen molar-refractivity contribution in [1.82, 2.24) is 10.6 Å². The van der Waals surface area contributed by atoms with Gasteiger partial charge in [-0.3, -0.25) is 14.4 Å². The normalized spacial score (nSPS) is 13.0. The lowest BCUT2D eigenvalue weighted by atomic mass is 10.1. The number of hydrogen-bond donors (Lipinski definition) is 5. The number of carbonyl (C=O) groups excluding carboxylic acids is 2. The molecule has 0 aromatic heterocycles. The van der Waals surface area contributed by atoms with Gasteiger partial charge in [-0.2, -0.15) is 11.8 Å². The van der Waals surface area contributed by atoms with Crippen LogP contribution in [0.1, 0.15) is 19.3 Å². The van der Waals surface area contributed by atoms with E-state index in [1.807, 2.05) is 6.26 Å². The molecule has 0 rings (SSSR count). The smallest absolute Gasteiger partial charge is 0.326 e. The van der Waals surface area contributed by atoms with Crippen LogP contribution in [0.3, 0.4) is 0 Å². The van der Waals surface area contributed by atoms with Crippen LogP contribution in [0.25, 0.3) is 0 Å². The molecular formula is C12H21N3O6S. The van der Waals surface area contributed by atoms with Crippen LogP contribution in [-0.4, -0.2) is 64.6 Å². The third kappa shape index (κ3) is 8.47. The van der Waals surface area contributed by atoms with E-state index >= 15 is 0 Å². The zero-order valence-corrected chi connectivity index (χ0v) is 13.0. The number of thioether (sulfide) groups is 1. The van der Waals surface area contributed by atoms with E-state index in [9.17, 15) is 19.2 Å². The second kappa shape index (κ2) is 10.9. The number of nitrogens with one attached hydrogen (secondary N) is 2. The van der Waals surface area contributed by atoms with E-state index in [1.54, 1.807) is 0 Å². The van der Waals surface area contributed by atoms with Gasteiger partial charge in [-0.25, -0.2) is 4.79 Å². The highest BCUT2D eigenvalue weighted by Crippen LogP contribution is 2.04. The number of hydrogen-bond acceptors (Lipinski definition) is 6. The maximum absolute atomic E-state index is 12.1. The van der Waals surface area contributed by atoms with Crippen molar-refractivity contribution in [3.8, 4) is 0 Å². The van der Waals surface area contributed by atoms with Crippen molar-refractivity contribution >= 4 is 35.5 Å². The second-order valence-electron chi connectivity index (χ2n) is 4.44. The second-order valence-corrected chi connectivity index (χ2v) is 5.42. The lowest BCUT2D eigenvalue weighted by Gasteiger charge is -2.20. The Morgan fingerprint density at radius 3 is 2.18 bits per heavy atom. The highest BCUT2D eigenvalue weighted by Gasteiger charge is 2.26. The Balaban J connectivity index is 4.75. The van der Waals surface area contributed by atoms with E-state index in [0.29, 0.717) is 12.2 Å². The highest BCUT2D eigenvalue weighted by atomic mass is 32.2. The van der Waals surface area contributed by atoms with Crippen LogP contribution in [0.15, 0.2) is 0 Å². The summed E-state index contributed by atoms with van der Waals surface area (Å²) in [6, 6.07) is -2.23. The van der Waals surface area contributed by atoms with Gasteiger partial charge in [-0.1, -0.05) is 0 Å². The quantitative estimate of drug-likeness (QED) is 0.309. The van der Waals surface area contributed by atoms with Gasteiger partial charge in [0.05, 0.1) is 6.54 Å². The SMILES string of the molecule is CSCCC(NC(=O)CN)C(=O)NC(CCC(=O)O)C(=O)O. The molecule has 0 saturated carbocycles. The predicted octanol–water partition coefficient (Wildman–Crippen LogP) is -1.38. The highest BCUT2D eigenvalue weighted by molar-refractivity contribution is 7.98. The van der Waals surface area contributed by atoms with Gasteiger partial charge in [-0.15, -0.1) is 0 Å². The van der Waals surface area contributed by atoms with Gasteiger partial charge in [0.15, 0.2) is 0 Å². The van der Waals surface area contributed by atoms with E-state index < -0.39 is 35.8 Å². The lowest BCUT2D eigenvalue weighted by molar-refractivity contribution is -0.143. The summed E-state index contributed by atoms with van der Waals surface area (Å²) >= 11 is 1.46. The molecule has 10 heteroatoms. The summed E-state index contributed by atoms with van der Waals surface area (Å²) in [6.45, 7) is -0.287. The molecule has 9 nitrogen and oxygen atoms in total. The third-order valence-electron chi connectivity index (χ3n) is 2.71. The first kappa shape index (κ1) is 20.2. The summed E-state index contributed by atoms with van der Waals surface area (Å²) in [6.07, 6.45) is 1.51. The molecule has 0 fully saturated rings. The Bertz CT molecular complexity index is 418. The van der Waals surface area contributed by atoms with Gasteiger partial charge in [-0.05, 0) is 24.9 Å². The summed E-state index contributed by atoms with van der Waals surface area (Å²) in [5, 5.41) is 22.2. The topological polar surface area (TPSA) is 159 Å². The standard InChI is InChI=1S/C12H21N3O6S/c1-22-5-4-7(14-9(16)6-13)11(19)15-8(12(20)21)2-3-10(17)18/h7-8H,2-6,13H2,1H3,(H,14,16)(H,15,19)(H,17,18)(H,20,21). The van der Waals surface area contributed by atoms with E-state index in [2.05, 4.69) is 10.6 Å². The summed E-state index contributed by atoms with van der Waals surface area (Å²) in [4.78, 5) is 44.9. The molecule has 2 unspecified atom stereocenters. The van der Waals surface area contributed by atoms with Gasteiger partial charge >= 0.3 is 11.9 Å². The Morgan fingerprint density at radius 2 is 1.73 bits per heavy atom. The zero-order chi connectivity index (χ0) is 17.1. The van der Waals surface area contributed by atoms with Crippen LogP contribution < -0.4 is 16.4 Å². The van der Waals surface area contributed by atoms with Crippen LogP contribution in [0, 0.1) is 0 Å². The molecule has 0 aromatic rings. The fraction of sp³-hybridized carbons (Fsp3) is 0.667. The molecule has 0 radical (unpaired) electrons. The monoisotopic (exact) mass is 335 g/mol. The summed E-state index contributed by atoms with van der Waals surface area (Å²) in [5.74, 6) is -3.11. The molecule has 0 saturated heterocycles. The molecule has 0 spiro atoms. The van der Waals surface area contributed by atoms with Gasteiger partial charge in [0.1, 0.15) is 12.1 Å². The van der Waals surface area contributed by atoms with Crippen molar-refractivity contribution in [2.75, 3.05) is 18.6 Å². The first-order valence-corrected chi connectivity index (χ1v) is 7.94. The fourth-order valence-electron chi connectivity index (χ4n) is 1.56. The van der Waals surface area contributed by atoms with Crippen molar-refractivity contribution in [2.45, 2.75) is 31.3 Å². The van der Waals surface area contributed by atoms with Crippen LogP contribution in [0.4, 0.5) is 0 Å². The summed E-state index contributed by atoms with van der Waals surface area (Å²) in [5.41, 5.74) is 5.17. The molecule has 0 heterocycles. The Hall–Kier alpha value is -1.81. The van der Waals surface area contributed by atoms with E-state index in [4.69, 9.17) is 15.9 Å². The van der Waals surface area contributed by atoms with E-state index in [-0.39, 0.29) is 19.4 Å². The molecule has 126 valence electrons. The molecular weight excluding hydrogens is 314 g/mol. The lowest BCUT2D eigenvalue weighted by Crippen LogP contribution is -2.52. The van der Waals surface area contributed by atoms with E-state index in [1.165, 1.54) is 11.8 Å². The Labute approximate surface area is 132 Å². The maximum atomic E-state index is 12.1. The van der Waals surface area contributed by atoms with Gasteiger partial charge in [0, 0.05) is 6.42 Å². The molecule has 0 bridgehead atoms. The number of amides is 2. The molecule has 0 aromatic carbocycles. The number of carboxylic acids is 2. The van der Waals surface area contributed by atoms with Crippen LogP contribution in [-0.2, 0) is 19.2 Å². The Kier molecular flexibility index (Phi) is 9.96. The van der Waals surface area contributed by atoms with Gasteiger partial charge in [0.2, 0.25) is 11.8 Å². The minimum atomic E-state index is -1.33. The maximum Gasteiger partial charge on any atom is 0.326 e. The minimum Gasteiger partial charge on any atom is -0.481 e. The number of carboxylic acid groups (broad SMARTS) is 2. The van der Waals surface area contributed by atoms with Crippen molar-refractivity contribution in [3.63, 3.8) is 0 Å². The van der Waals surface area contributed by atoms with Crippen LogP contribution in [0.5, 0.6) is 0 Å². The molecule has 0 aliphatic heterocycles. The third-order valence-corrected chi connectivity index (χ3v) is 3.35. The predicted molar refractivity (Wildman–Crippen MR) is 80.4 cm³/mol. The van der Waals surface area contributed by atoms with Crippen molar-refractivity contribution < 1.29 is 29.4 Å². The molecule has 0 aliphatic rings. The Morgan fingerprint density at radius 1 is 1.09 bits per heavy atom. The van der Waals surface area contributed by atoms with Crippen molar-refractivity contribution in [2.24, 2.45) is 5.73 Å². The van der Waals surface area contributed by atoms with Crippen molar-refractivity contribution in [1.29, 1.82) is 0 Å².